The van der Waals surface area contributed by atoms with Crippen LogP contribution >= 0.6 is 0 Å². The van der Waals surface area contributed by atoms with Crippen molar-refractivity contribution in [2.45, 2.75) is 25.5 Å². The number of fused-ring (bicyclic) bond motifs is 1. The Labute approximate surface area is 120 Å². The molecule has 1 aliphatic rings. The summed E-state index contributed by atoms with van der Waals surface area (Å²) in [5.74, 6) is 1.56. The van der Waals surface area contributed by atoms with Gasteiger partial charge in [-0.1, -0.05) is 0 Å². The first kappa shape index (κ1) is 15.1. The van der Waals surface area contributed by atoms with E-state index in [1.165, 1.54) is 11.1 Å². The Balaban J connectivity index is 2.05. The molecule has 0 fully saturated rings. The van der Waals surface area contributed by atoms with Crippen molar-refractivity contribution in [2.75, 3.05) is 33.9 Å². The number of hydrogen-bond acceptors (Lipinski definition) is 5. The van der Waals surface area contributed by atoms with E-state index in [0.717, 1.165) is 44.0 Å². The molecule has 0 saturated carbocycles. The highest BCUT2D eigenvalue weighted by Gasteiger charge is 2.19. The number of aliphatic hydroxyl groups is 1. The number of methoxy groups -OCH3 is 2. The van der Waals surface area contributed by atoms with E-state index in [1.807, 2.05) is 0 Å². The Morgan fingerprint density at radius 3 is 2.50 bits per heavy atom. The van der Waals surface area contributed by atoms with E-state index in [9.17, 15) is 5.11 Å². The maximum absolute atomic E-state index is 9.55. The van der Waals surface area contributed by atoms with Gasteiger partial charge in [0.25, 0.3) is 0 Å². The fraction of sp³-hybridized carbons (Fsp3) is 0.600. The van der Waals surface area contributed by atoms with Gasteiger partial charge < -0.3 is 20.3 Å². The number of nitrogens with two attached hydrogens (primary N) is 1. The molecular formula is C15H24N2O3. The quantitative estimate of drug-likeness (QED) is 0.805. The summed E-state index contributed by atoms with van der Waals surface area (Å²) < 4.78 is 10.7. The minimum atomic E-state index is -0.401. The van der Waals surface area contributed by atoms with Gasteiger partial charge in [0.1, 0.15) is 0 Å². The number of hydrogen-bond donors (Lipinski definition) is 2. The van der Waals surface area contributed by atoms with Crippen LogP contribution in [0.25, 0.3) is 0 Å². The van der Waals surface area contributed by atoms with Gasteiger partial charge in [-0.15, -0.1) is 0 Å². The van der Waals surface area contributed by atoms with Gasteiger partial charge in [0.2, 0.25) is 0 Å². The van der Waals surface area contributed by atoms with Gasteiger partial charge >= 0.3 is 0 Å². The number of ether oxygens (including phenoxy) is 2. The zero-order valence-electron chi connectivity index (χ0n) is 12.3. The second-order valence-corrected chi connectivity index (χ2v) is 5.18. The lowest BCUT2D eigenvalue weighted by atomic mass is 9.98. The van der Waals surface area contributed by atoms with E-state index in [-0.39, 0.29) is 0 Å². The molecule has 0 amide bonds. The Hall–Kier alpha value is -1.30. The van der Waals surface area contributed by atoms with Crippen molar-refractivity contribution in [3.05, 3.63) is 23.3 Å². The predicted octanol–water partition coefficient (Wildman–Crippen LogP) is 0.772. The predicted molar refractivity (Wildman–Crippen MR) is 78.2 cm³/mol. The number of benzene rings is 1. The van der Waals surface area contributed by atoms with Crippen LogP contribution in [0.5, 0.6) is 11.5 Å². The zero-order chi connectivity index (χ0) is 14.5. The Morgan fingerprint density at radius 2 is 1.90 bits per heavy atom. The molecule has 5 nitrogen and oxygen atoms in total. The van der Waals surface area contributed by atoms with Gasteiger partial charge in [-0.3, -0.25) is 4.90 Å². The van der Waals surface area contributed by atoms with Crippen LogP contribution in [-0.2, 0) is 13.0 Å². The average molecular weight is 280 g/mol. The summed E-state index contributed by atoms with van der Waals surface area (Å²) in [6.45, 7) is 3.08. The first-order valence-electron chi connectivity index (χ1n) is 7.02. The number of rotatable bonds is 6. The zero-order valence-corrected chi connectivity index (χ0v) is 12.3. The van der Waals surface area contributed by atoms with Crippen molar-refractivity contribution in [1.82, 2.24) is 4.90 Å². The molecule has 2 rings (SSSR count). The summed E-state index contributed by atoms with van der Waals surface area (Å²) >= 11 is 0. The summed E-state index contributed by atoms with van der Waals surface area (Å²) in [6, 6.07) is 4.12. The smallest absolute Gasteiger partial charge is 0.161 e. The van der Waals surface area contributed by atoms with E-state index in [4.69, 9.17) is 15.2 Å². The third-order valence-electron chi connectivity index (χ3n) is 3.85. The van der Waals surface area contributed by atoms with Crippen LogP contribution in [0.15, 0.2) is 12.1 Å². The first-order chi connectivity index (χ1) is 9.67. The summed E-state index contributed by atoms with van der Waals surface area (Å²) in [4.78, 5) is 2.34. The normalized spacial score (nSPS) is 16.6. The van der Waals surface area contributed by atoms with Crippen LogP contribution in [0, 0.1) is 0 Å². The lowest BCUT2D eigenvalue weighted by molar-refractivity contribution is 0.142. The molecule has 0 bridgehead atoms. The standard InChI is InChI=1S/C15H24N2O3/c1-19-14-7-11-3-5-17(6-4-13(18)9-16)10-12(11)8-15(14)20-2/h7-8,13,18H,3-6,9-10,16H2,1-2H3. The van der Waals surface area contributed by atoms with Gasteiger partial charge in [-0.2, -0.15) is 0 Å². The molecule has 1 unspecified atom stereocenters. The van der Waals surface area contributed by atoms with Crippen molar-refractivity contribution >= 4 is 0 Å². The van der Waals surface area contributed by atoms with Crippen molar-refractivity contribution in [3.8, 4) is 11.5 Å². The van der Waals surface area contributed by atoms with Crippen LogP contribution in [0.2, 0.25) is 0 Å². The Kier molecular flexibility index (Phi) is 5.23. The molecule has 1 heterocycles. The lowest BCUT2D eigenvalue weighted by Crippen LogP contribution is -2.34. The fourth-order valence-electron chi connectivity index (χ4n) is 2.58. The molecule has 1 aromatic carbocycles. The van der Waals surface area contributed by atoms with E-state index < -0.39 is 6.10 Å². The SMILES string of the molecule is COc1cc2c(cc1OC)CN(CCC(O)CN)CC2. The molecule has 0 radical (unpaired) electrons. The summed E-state index contributed by atoms with van der Waals surface area (Å²) in [5, 5.41) is 9.55. The largest absolute Gasteiger partial charge is 0.493 e. The third-order valence-corrected chi connectivity index (χ3v) is 3.85. The molecular weight excluding hydrogens is 256 g/mol. The molecule has 0 saturated heterocycles. The minimum absolute atomic E-state index is 0.329. The average Bonchev–Trinajstić information content (AvgIpc) is 2.50. The minimum Gasteiger partial charge on any atom is -0.493 e. The molecule has 0 aliphatic carbocycles. The summed E-state index contributed by atoms with van der Waals surface area (Å²) in [6.07, 6.45) is 1.31. The van der Waals surface area contributed by atoms with Crippen LogP contribution in [0.1, 0.15) is 17.5 Å². The van der Waals surface area contributed by atoms with E-state index in [1.54, 1.807) is 14.2 Å². The monoisotopic (exact) mass is 280 g/mol. The van der Waals surface area contributed by atoms with Gasteiger partial charge in [0.05, 0.1) is 20.3 Å². The van der Waals surface area contributed by atoms with Gasteiger partial charge in [-0.05, 0) is 36.1 Å². The molecule has 20 heavy (non-hydrogen) atoms. The fourth-order valence-corrected chi connectivity index (χ4v) is 2.58. The number of nitrogens with zero attached hydrogens (tertiary/aromatic N) is 1. The molecule has 5 heteroatoms. The van der Waals surface area contributed by atoms with Crippen LogP contribution < -0.4 is 15.2 Å². The highest BCUT2D eigenvalue weighted by molar-refractivity contribution is 5.48. The molecule has 0 aromatic heterocycles. The first-order valence-corrected chi connectivity index (χ1v) is 7.02. The highest BCUT2D eigenvalue weighted by Crippen LogP contribution is 2.33. The molecule has 1 aliphatic heterocycles. The van der Waals surface area contributed by atoms with Crippen LogP contribution in [-0.4, -0.2) is 50.0 Å². The van der Waals surface area contributed by atoms with Gasteiger partial charge in [0.15, 0.2) is 11.5 Å². The maximum Gasteiger partial charge on any atom is 0.161 e. The second-order valence-electron chi connectivity index (χ2n) is 5.18. The second kappa shape index (κ2) is 6.92. The summed E-state index contributed by atoms with van der Waals surface area (Å²) in [7, 11) is 3.32. The molecule has 112 valence electrons. The van der Waals surface area contributed by atoms with Crippen LogP contribution in [0.4, 0.5) is 0 Å². The van der Waals surface area contributed by atoms with Crippen molar-refractivity contribution in [3.63, 3.8) is 0 Å². The topological polar surface area (TPSA) is 68.0 Å². The van der Waals surface area contributed by atoms with E-state index >= 15 is 0 Å². The van der Waals surface area contributed by atoms with Crippen molar-refractivity contribution < 1.29 is 14.6 Å². The molecule has 0 spiro atoms. The number of aliphatic hydroxyl groups excluding tert-OH is 1. The van der Waals surface area contributed by atoms with E-state index in [2.05, 4.69) is 17.0 Å². The maximum atomic E-state index is 9.55. The van der Waals surface area contributed by atoms with Crippen LogP contribution in [0.3, 0.4) is 0 Å². The third kappa shape index (κ3) is 3.42. The van der Waals surface area contributed by atoms with Gasteiger partial charge in [0, 0.05) is 26.2 Å². The van der Waals surface area contributed by atoms with Gasteiger partial charge in [-0.25, -0.2) is 0 Å². The highest BCUT2D eigenvalue weighted by atomic mass is 16.5. The Bertz CT molecular complexity index is 451. The summed E-state index contributed by atoms with van der Waals surface area (Å²) in [5.41, 5.74) is 8.03. The molecule has 3 N–H and O–H groups in total. The van der Waals surface area contributed by atoms with Crippen molar-refractivity contribution in [2.24, 2.45) is 5.73 Å². The van der Waals surface area contributed by atoms with Crippen molar-refractivity contribution in [1.29, 1.82) is 0 Å². The molecule has 1 aromatic rings. The molecule has 1 atom stereocenters. The van der Waals surface area contributed by atoms with E-state index in [0.29, 0.717) is 6.54 Å². The Morgan fingerprint density at radius 1 is 1.25 bits per heavy atom. The lowest BCUT2D eigenvalue weighted by Gasteiger charge is -2.30.